The third-order valence-corrected chi connectivity index (χ3v) is 5.36. The molecule has 6 nitrogen and oxygen atoms in total. The zero-order valence-electron chi connectivity index (χ0n) is 18.5. The Morgan fingerprint density at radius 3 is 2.38 bits per heavy atom. The quantitative estimate of drug-likeness (QED) is 0.440. The van der Waals surface area contributed by atoms with Crippen molar-refractivity contribution in [3.05, 3.63) is 84.1 Å². The van der Waals surface area contributed by atoms with Crippen molar-refractivity contribution in [3.8, 4) is 11.5 Å². The summed E-state index contributed by atoms with van der Waals surface area (Å²) in [7, 11) is 3.91. The van der Waals surface area contributed by atoms with E-state index in [-0.39, 0.29) is 11.7 Å². The van der Waals surface area contributed by atoms with Gasteiger partial charge >= 0.3 is 0 Å². The van der Waals surface area contributed by atoms with Gasteiger partial charge < -0.3 is 15.0 Å². The molecule has 2 heterocycles. The van der Waals surface area contributed by atoms with E-state index >= 15 is 0 Å². The predicted octanol–water partition coefficient (Wildman–Crippen LogP) is 4.94. The Morgan fingerprint density at radius 1 is 1.00 bits per heavy atom. The number of pyridine rings is 1. The maximum atomic E-state index is 12.3. The van der Waals surface area contributed by atoms with Gasteiger partial charge in [-0.05, 0) is 69.4 Å². The number of nitrogens with zero attached hydrogens (tertiary/aromatic N) is 2. The van der Waals surface area contributed by atoms with Crippen LogP contribution in [0.2, 0.25) is 0 Å². The van der Waals surface area contributed by atoms with Crippen LogP contribution in [0.4, 0.5) is 5.82 Å². The average molecular weight is 432 g/mol. The maximum absolute atomic E-state index is 12.3. The van der Waals surface area contributed by atoms with Crippen molar-refractivity contribution in [2.24, 2.45) is 5.92 Å². The van der Waals surface area contributed by atoms with Gasteiger partial charge in [-0.2, -0.15) is 0 Å². The largest absolute Gasteiger partial charge is 0.457 e. The van der Waals surface area contributed by atoms with Gasteiger partial charge in [-0.3, -0.25) is 9.59 Å². The second-order valence-electron chi connectivity index (χ2n) is 7.67. The van der Waals surface area contributed by atoms with Crippen LogP contribution >= 0.6 is 0 Å². The van der Waals surface area contributed by atoms with Gasteiger partial charge in [0.25, 0.3) is 0 Å². The van der Waals surface area contributed by atoms with E-state index in [4.69, 9.17) is 4.74 Å². The molecule has 4 rings (SSSR count). The van der Waals surface area contributed by atoms with Crippen molar-refractivity contribution in [2.45, 2.75) is 12.8 Å². The molecular weight excluding hydrogens is 402 g/mol. The Kier molecular flexibility index (Phi) is 8.52. The minimum absolute atomic E-state index is 0.144. The number of hydrogen-bond acceptors (Lipinski definition) is 6. The topological polar surface area (TPSA) is 71.5 Å². The molecule has 0 atom stereocenters. The van der Waals surface area contributed by atoms with Gasteiger partial charge in [0, 0.05) is 13.0 Å². The lowest BCUT2D eigenvalue weighted by molar-refractivity contribution is 0.0851. The molecule has 1 aliphatic heterocycles. The number of hydrogen-bond donors (Lipinski definition) is 1. The summed E-state index contributed by atoms with van der Waals surface area (Å²) in [5.74, 6) is 2.40. The molecule has 3 aromatic rings. The lowest BCUT2D eigenvalue weighted by atomic mass is 9.91. The third-order valence-electron chi connectivity index (χ3n) is 5.36. The van der Waals surface area contributed by atoms with E-state index in [0.29, 0.717) is 17.0 Å². The predicted molar refractivity (Wildman–Crippen MR) is 127 cm³/mol. The molecule has 1 saturated heterocycles. The summed E-state index contributed by atoms with van der Waals surface area (Å²) in [6.07, 6.45) is 2.68. The average Bonchev–Trinajstić information content (AvgIpc) is 2.85. The molecule has 1 N–H and O–H groups in total. The van der Waals surface area contributed by atoms with Crippen molar-refractivity contribution in [3.63, 3.8) is 0 Å². The van der Waals surface area contributed by atoms with Gasteiger partial charge in [0.1, 0.15) is 23.0 Å². The molecule has 0 spiro atoms. The number of aromatic nitrogens is 1. The van der Waals surface area contributed by atoms with Crippen LogP contribution in [-0.2, 0) is 0 Å². The Hall–Kier alpha value is -3.51. The van der Waals surface area contributed by atoms with Crippen molar-refractivity contribution < 1.29 is 14.3 Å². The smallest absolute Gasteiger partial charge is 0.184 e. The van der Waals surface area contributed by atoms with Crippen molar-refractivity contribution >= 4 is 17.9 Å². The van der Waals surface area contributed by atoms with E-state index in [1.54, 1.807) is 12.1 Å². The van der Waals surface area contributed by atoms with Crippen molar-refractivity contribution in [1.29, 1.82) is 0 Å². The third kappa shape index (κ3) is 6.49. The van der Waals surface area contributed by atoms with Crippen LogP contribution in [0.1, 0.15) is 33.7 Å². The number of para-hydroxylation sites is 2. The molecule has 1 fully saturated rings. The van der Waals surface area contributed by atoms with Crippen LogP contribution in [0.15, 0.2) is 72.8 Å². The van der Waals surface area contributed by atoms with Crippen LogP contribution in [0.3, 0.4) is 0 Å². The summed E-state index contributed by atoms with van der Waals surface area (Å²) in [5, 5.41) is 2.96. The normalized spacial score (nSPS) is 14.1. The summed E-state index contributed by atoms with van der Waals surface area (Å²) < 4.78 is 5.57. The first-order valence-corrected chi connectivity index (χ1v) is 10.8. The monoisotopic (exact) mass is 431 g/mol. The van der Waals surface area contributed by atoms with Crippen molar-refractivity contribution in [1.82, 2.24) is 9.88 Å². The van der Waals surface area contributed by atoms with Gasteiger partial charge in [0.05, 0.1) is 5.56 Å². The molecule has 0 saturated carbocycles. The van der Waals surface area contributed by atoms with E-state index in [0.717, 1.165) is 43.8 Å². The number of likely N-dealkylation sites (tertiary alicyclic amines) is 1. The fourth-order valence-corrected chi connectivity index (χ4v) is 3.48. The standard InChI is InChI=1S/C13H19N3O.C13H10O2/c1-14-12-5-3-4-11(15-12)13(17)10-6-8-16(2)9-7-10;14-10-11-6-4-5-9-13(11)15-12-7-2-1-3-8-12/h3-5,10H,6-9H2,1-2H3,(H,14,15);1-10H. The molecule has 32 heavy (non-hydrogen) atoms. The number of ether oxygens (including phenoxy) is 1. The summed E-state index contributed by atoms with van der Waals surface area (Å²) >= 11 is 0. The highest BCUT2D eigenvalue weighted by Crippen LogP contribution is 2.23. The van der Waals surface area contributed by atoms with E-state index < -0.39 is 0 Å². The summed E-state index contributed by atoms with van der Waals surface area (Å²) in [5.41, 5.74) is 1.15. The van der Waals surface area contributed by atoms with Gasteiger partial charge in [-0.15, -0.1) is 0 Å². The second kappa shape index (κ2) is 11.8. The summed E-state index contributed by atoms with van der Waals surface area (Å²) in [4.78, 5) is 29.6. The summed E-state index contributed by atoms with van der Waals surface area (Å²) in [6.45, 7) is 2.00. The first-order valence-electron chi connectivity index (χ1n) is 10.8. The number of rotatable bonds is 6. The van der Waals surface area contributed by atoms with Gasteiger partial charge in [-0.1, -0.05) is 36.4 Å². The second-order valence-corrected chi connectivity index (χ2v) is 7.67. The minimum atomic E-state index is 0.144. The highest BCUT2D eigenvalue weighted by molar-refractivity contribution is 5.96. The molecular formula is C26H29N3O3. The molecule has 1 aliphatic rings. The molecule has 0 radical (unpaired) electrons. The number of Topliss-reactive ketones (excluding diaryl/α,β-unsaturated/α-hetero) is 1. The Labute approximate surface area is 189 Å². The molecule has 0 aliphatic carbocycles. The zero-order valence-corrected chi connectivity index (χ0v) is 18.5. The Balaban J connectivity index is 0.000000182. The number of carbonyl (C=O) groups excluding carboxylic acids is 2. The van der Waals surface area contributed by atoms with Gasteiger partial charge in [-0.25, -0.2) is 4.98 Å². The number of anilines is 1. The highest BCUT2D eigenvalue weighted by Gasteiger charge is 2.25. The number of carbonyl (C=O) groups is 2. The van der Waals surface area contributed by atoms with Crippen LogP contribution < -0.4 is 10.1 Å². The number of ketones is 1. The minimum Gasteiger partial charge on any atom is -0.457 e. The van der Waals surface area contributed by atoms with Crippen LogP contribution in [0, 0.1) is 5.92 Å². The Bertz CT molecular complexity index is 1020. The van der Waals surface area contributed by atoms with E-state index in [2.05, 4.69) is 22.2 Å². The van der Waals surface area contributed by atoms with Gasteiger partial charge in [0.2, 0.25) is 0 Å². The lowest BCUT2D eigenvalue weighted by Gasteiger charge is -2.27. The molecule has 6 heteroatoms. The zero-order chi connectivity index (χ0) is 22.8. The first-order chi connectivity index (χ1) is 15.6. The Morgan fingerprint density at radius 2 is 1.69 bits per heavy atom. The lowest BCUT2D eigenvalue weighted by Crippen LogP contribution is -2.33. The van der Waals surface area contributed by atoms with E-state index in [1.165, 1.54) is 0 Å². The van der Waals surface area contributed by atoms with E-state index in [9.17, 15) is 9.59 Å². The number of aldehydes is 1. The van der Waals surface area contributed by atoms with Crippen LogP contribution in [0.5, 0.6) is 11.5 Å². The first kappa shape index (κ1) is 23.2. The van der Waals surface area contributed by atoms with Gasteiger partial charge in [0.15, 0.2) is 12.1 Å². The molecule has 1 aromatic heterocycles. The fraction of sp³-hybridized carbons (Fsp3) is 0.269. The molecule has 0 unspecified atom stereocenters. The summed E-state index contributed by atoms with van der Waals surface area (Å²) in [6, 6.07) is 22.1. The SMILES string of the molecule is CNc1cccc(C(=O)C2CCN(C)CC2)n1.O=Cc1ccccc1Oc1ccccc1. The molecule has 0 amide bonds. The number of nitrogens with one attached hydrogen (secondary N) is 1. The van der Waals surface area contributed by atoms with Crippen molar-refractivity contribution in [2.75, 3.05) is 32.5 Å². The number of piperidine rings is 1. The maximum Gasteiger partial charge on any atom is 0.184 e. The van der Waals surface area contributed by atoms with Crippen LogP contribution in [0.25, 0.3) is 0 Å². The fourth-order valence-electron chi connectivity index (χ4n) is 3.48. The van der Waals surface area contributed by atoms with Crippen LogP contribution in [-0.4, -0.2) is 49.1 Å². The molecule has 2 aromatic carbocycles. The number of benzene rings is 2. The molecule has 166 valence electrons. The molecule has 0 bridgehead atoms. The van der Waals surface area contributed by atoms with E-state index in [1.807, 2.05) is 67.7 Å². The highest BCUT2D eigenvalue weighted by atomic mass is 16.5.